The van der Waals surface area contributed by atoms with Crippen LogP contribution in [0.4, 0.5) is 8.78 Å². The summed E-state index contributed by atoms with van der Waals surface area (Å²) in [7, 11) is -2.63. The smallest absolute Gasteiger partial charge is 0.325 e. The van der Waals surface area contributed by atoms with Gasteiger partial charge in [-0.2, -0.15) is 4.31 Å². The van der Waals surface area contributed by atoms with E-state index in [1.54, 1.807) is 30.5 Å². The Hall–Kier alpha value is -3.22. The quantitative estimate of drug-likeness (QED) is 0.452. The second-order valence-corrected chi connectivity index (χ2v) is 10.3. The summed E-state index contributed by atoms with van der Waals surface area (Å²) in [6.07, 6.45) is 1.59. The van der Waals surface area contributed by atoms with Gasteiger partial charge in [-0.15, -0.1) is 5.10 Å². The second kappa shape index (κ2) is 10.6. The van der Waals surface area contributed by atoms with Gasteiger partial charge in [-0.1, -0.05) is 29.5 Å². The van der Waals surface area contributed by atoms with Crippen molar-refractivity contribution < 1.29 is 26.7 Å². The van der Waals surface area contributed by atoms with Gasteiger partial charge in [-0.25, -0.2) is 21.9 Å². The number of hydrogen-bond acceptors (Lipinski definition) is 7. The van der Waals surface area contributed by atoms with E-state index in [1.807, 2.05) is 4.90 Å². The standard InChI is InChI=1S/C23H25F2N5O4S/c1-34-23(31)22-16-28(12-17-2-6-19(24)7-3-17)10-11-35(32,33)30(22)15-21-14-29(27-26-21)13-18-4-8-20(25)9-5-18/h2-9,14,22H,10-13,15-16H2,1H3. The van der Waals surface area contributed by atoms with Gasteiger partial charge in [0.05, 0.1) is 37.8 Å². The molecule has 0 saturated carbocycles. The van der Waals surface area contributed by atoms with Crippen molar-refractivity contribution in [3.8, 4) is 0 Å². The maximum absolute atomic E-state index is 13.3. The highest BCUT2D eigenvalue weighted by Gasteiger charge is 2.40. The predicted molar refractivity (Wildman–Crippen MR) is 122 cm³/mol. The van der Waals surface area contributed by atoms with E-state index in [1.165, 1.54) is 36.1 Å². The lowest BCUT2D eigenvalue weighted by molar-refractivity contribution is -0.145. The average Bonchev–Trinajstić information content (AvgIpc) is 3.24. The largest absolute Gasteiger partial charge is 0.468 e. The molecule has 9 nitrogen and oxygen atoms in total. The summed E-state index contributed by atoms with van der Waals surface area (Å²) >= 11 is 0. The van der Waals surface area contributed by atoms with Crippen molar-refractivity contribution in [2.24, 2.45) is 0 Å². The summed E-state index contributed by atoms with van der Waals surface area (Å²) in [5, 5.41) is 8.10. The lowest BCUT2D eigenvalue weighted by Gasteiger charge is -2.28. The molecule has 35 heavy (non-hydrogen) atoms. The number of aromatic nitrogens is 3. The first-order chi connectivity index (χ1) is 16.7. The van der Waals surface area contributed by atoms with Crippen LogP contribution in [0.1, 0.15) is 16.8 Å². The fraction of sp³-hybridized carbons (Fsp3) is 0.348. The van der Waals surface area contributed by atoms with Gasteiger partial charge in [0.2, 0.25) is 10.0 Å². The number of carbonyl (C=O) groups excluding carboxylic acids is 1. The molecule has 1 aromatic heterocycles. The number of rotatable bonds is 7. The lowest BCUT2D eigenvalue weighted by Crippen LogP contribution is -2.48. The molecule has 1 unspecified atom stereocenters. The van der Waals surface area contributed by atoms with E-state index in [0.29, 0.717) is 18.8 Å². The molecule has 0 amide bonds. The molecule has 3 aromatic rings. The first-order valence-corrected chi connectivity index (χ1v) is 12.5. The number of methoxy groups -OCH3 is 1. The van der Waals surface area contributed by atoms with Crippen molar-refractivity contribution in [2.45, 2.75) is 25.7 Å². The van der Waals surface area contributed by atoms with Crippen molar-refractivity contribution in [1.82, 2.24) is 24.2 Å². The van der Waals surface area contributed by atoms with Crippen molar-refractivity contribution in [3.05, 3.63) is 83.2 Å². The molecule has 1 atom stereocenters. The van der Waals surface area contributed by atoms with Crippen LogP contribution in [0.3, 0.4) is 0 Å². The van der Waals surface area contributed by atoms with Gasteiger partial charge in [-0.3, -0.25) is 9.69 Å². The maximum atomic E-state index is 13.3. The number of sulfonamides is 1. The lowest BCUT2D eigenvalue weighted by atomic mass is 10.2. The fourth-order valence-corrected chi connectivity index (χ4v) is 5.53. The van der Waals surface area contributed by atoms with E-state index in [2.05, 4.69) is 10.3 Å². The molecule has 1 saturated heterocycles. The number of carbonyl (C=O) groups is 1. The topological polar surface area (TPSA) is 97.6 Å². The highest BCUT2D eigenvalue weighted by molar-refractivity contribution is 7.89. The van der Waals surface area contributed by atoms with Crippen molar-refractivity contribution >= 4 is 16.0 Å². The van der Waals surface area contributed by atoms with Gasteiger partial charge in [-0.05, 0) is 35.4 Å². The summed E-state index contributed by atoms with van der Waals surface area (Å²) in [5.74, 6) is -1.59. The van der Waals surface area contributed by atoms with E-state index in [4.69, 9.17) is 4.74 Å². The zero-order valence-electron chi connectivity index (χ0n) is 19.0. The van der Waals surface area contributed by atoms with Gasteiger partial charge in [0, 0.05) is 19.6 Å². The highest BCUT2D eigenvalue weighted by Crippen LogP contribution is 2.21. The summed E-state index contributed by atoms with van der Waals surface area (Å²) in [6, 6.07) is 10.8. The number of ether oxygens (including phenoxy) is 1. The number of halogens is 2. The number of benzene rings is 2. The molecule has 2 aromatic carbocycles. The first kappa shape index (κ1) is 24.9. The van der Waals surface area contributed by atoms with Crippen LogP contribution >= 0.6 is 0 Å². The normalized spacial score (nSPS) is 18.8. The van der Waals surface area contributed by atoms with Crippen LogP contribution < -0.4 is 0 Å². The minimum absolute atomic E-state index is 0.104. The Morgan fingerprint density at radius 1 is 1.00 bits per heavy atom. The predicted octanol–water partition coefficient (Wildman–Crippen LogP) is 1.79. The van der Waals surface area contributed by atoms with Crippen LogP contribution in [-0.4, -0.2) is 70.6 Å². The third-order valence-corrected chi connectivity index (χ3v) is 7.55. The van der Waals surface area contributed by atoms with Crippen molar-refractivity contribution in [3.63, 3.8) is 0 Å². The van der Waals surface area contributed by atoms with Gasteiger partial charge >= 0.3 is 5.97 Å². The minimum Gasteiger partial charge on any atom is -0.468 e. The van der Waals surface area contributed by atoms with Crippen molar-refractivity contribution in [2.75, 3.05) is 26.0 Å². The Morgan fingerprint density at radius 2 is 1.60 bits per heavy atom. The molecule has 186 valence electrons. The molecule has 0 spiro atoms. The molecule has 4 rings (SSSR count). The summed E-state index contributed by atoms with van der Waals surface area (Å²) < 4.78 is 60.3. The zero-order valence-corrected chi connectivity index (χ0v) is 19.9. The molecule has 1 fully saturated rings. The third kappa shape index (κ3) is 6.27. The number of nitrogens with zero attached hydrogens (tertiary/aromatic N) is 5. The van der Waals surface area contributed by atoms with Crippen LogP contribution in [0.15, 0.2) is 54.7 Å². The van der Waals surface area contributed by atoms with Gasteiger partial charge < -0.3 is 4.74 Å². The van der Waals surface area contributed by atoms with Crippen LogP contribution in [0, 0.1) is 11.6 Å². The monoisotopic (exact) mass is 505 g/mol. The molecule has 2 heterocycles. The highest BCUT2D eigenvalue weighted by atomic mass is 32.2. The maximum Gasteiger partial charge on any atom is 0.325 e. The molecule has 12 heteroatoms. The molecular weight excluding hydrogens is 480 g/mol. The van der Waals surface area contributed by atoms with E-state index in [9.17, 15) is 22.0 Å². The number of hydrogen-bond donors (Lipinski definition) is 0. The Balaban J connectivity index is 1.53. The second-order valence-electron chi connectivity index (χ2n) is 8.30. The molecule has 1 aliphatic rings. The zero-order chi connectivity index (χ0) is 25.0. The van der Waals surface area contributed by atoms with Crippen molar-refractivity contribution in [1.29, 1.82) is 0 Å². The van der Waals surface area contributed by atoms with E-state index < -0.39 is 22.0 Å². The molecule has 0 aliphatic carbocycles. The van der Waals surface area contributed by atoms with Gasteiger partial charge in [0.25, 0.3) is 0 Å². The van der Waals surface area contributed by atoms with E-state index in [-0.39, 0.29) is 37.0 Å². The van der Waals surface area contributed by atoms with E-state index in [0.717, 1.165) is 15.4 Å². The molecule has 0 bridgehead atoms. The van der Waals surface area contributed by atoms with Crippen LogP contribution in [-0.2, 0) is 39.2 Å². The Morgan fingerprint density at radius 3 is 2.20 bits per heavy atom. The Bertz CT molecular complexity index is 1270. The molecule has 0 radical (unpaired) electrons. The third-order valence-electron chi connectivity index (χ3n) is 5.76. The summed E-state index contributed by atoms with van der Waals surface area (Å²) in [4.78, 5) is 14.5. The molecule has 1 aliphatic heterocycles. The first-order valence-electron chi connectivity index (χ1n) is 10.9. The number of esters is 1. The molecule has 0 N–H and O–H groups in total. The minimum atomic E-state index is -3.84. The van der Waals surface area contributed by atoms with E-state index >= 15 is 0 Å². The van der Waals surface area contributed by atoms with Crippen LogP contribution in [0.2, 0.25) is 0 Å². The summed E-state index contributed by atoms with van der Waals surface area (Å²) in [6.45, 7) is 0.820. The Labute approximate surface area is 202 Å². The average molecular weight is 506 g/mol. The van der Waals surface area contributed by atoms with Crippen LogP contribution in [0.25, 0.3) is 0 Å². The Kier molecular flexibility index (Phi) is 7.53. The van der Waals surface area contributed by atoms with Crippen LogP contribution in [0.5, 0.6) is 0 Å². The fourth-order valence-electron chi connectivity index (χ4n) is 3.94. The summed E-state index contributed by atoms with van der Waals surface area (Å²) in [5.41, 5.74) is 1.95. The van der Waals surface area contributed by atoms with Gasteiger partial charge in [0.15, 0.2) is 0 Å². The molecular formula is C23H25F2N5O4S. The van der Waals surface area contributed by atoms with Gasteiger partial charge in [0.1, 0.15) is 17.7 Å². The SMILES string of the molecule is COC(=O)C1CN(Cc2ccc(F)cc2)CCS(=O)(=O)N1Cc1cn(Cc2ccc(F)cc2)nn1.